The summed E-state index contributed by atoms with van der Waals surface area (Å²) in [5.74, 6) is -0.523. The van der Waals surface area contributed by atoms with Gasteiger partial charge in [0, 0.05) is 36.7 Å². The van der Waals surface area contributed by atoms with Gasteiger partial charge in [0.15, 0.2) is 0 Å². The van der Waals surface area contributed by atoms with Gasteiger partial charge in [-0.05, 0) is 17.2 Å². The van der Waals surface area contributed by atoms with Gasteiger partial charge in [-0.1, -0.05) is 72.3 Å². The molecule has 0 aliphatic heterocycles. The van der Waals surface area contributed by atoms with Crippen molar-refractivity contribution in [1.29, 1.82) is 0 Å². The number of benzene rings is 3. The van der Waals surface area contributed by atoms with Gasteiger partial charge in [0.2, 0.25) is 0 Å². The number of carbonyl (C=O) groups excluding carboxylic acids is 1. The first-order valence-corrected chi connectivity index (χ1v) is 9.23. The Labute approximate surface area is 173 Å². The van der Waals surface area contributed by atoms with Gasteiger partial charge >= 0.3 is 5.97 Å². The highest BCUT2D eigenvalue weighted by Crippen LogP contribution is 2.45. The summed E-state index contributed by atoms with van der Waals surface area (Å²) in [6.07, 6.45) is 0. The number of hydrogen-bond acceptors (Lipinski definition) is 5. The van der Waals surface area contributed by atoms with Crippen LogP contribution in [0.1, 0.15) is 23.6 Å². The van der Waals surface area contributed by atoms with Gasteiger partial charge in [0.05, 0.1) is 4.92 Å². The minimum atomic E-state index is -1.21. The van der Waals surface area contributed by atoms with E-state index < -0.39 is 16.4 Å². The second-order valence-corrected chi connectivity index (χ2v) is 6.85. The van der Waals surface area contributed by atoms with E-state index in [2.05, 4.69) is 0 Å². The lowest BCUT2D eigenvalue weighted by molar-refractivity contribution is -0.385. The van der Waals surface area contributed by atoms with Gasteiger partial charge in [0.1, 0.15) is 5.54 Å². The molecule has 0 spiro atoms. The van der Waals surface area contributed by atoms with E-state index in [1.54, 1.807) is 7.05 Å². The molecule has 0 atom stereocenters. The molecule has 3 aromatic carbocycles. The lowest BCUT2D eigenvalue weighted by atomic mass is 9.76. The summed E-state index contributed by atoms with van der Waals surface area (Å²) in [7, 11) is 1.61. The van der Waals surface area contributed by atoms with Crippen molar-refractivity contribution in [3.63, 3.8) is 0 Å². The Morgan fingerprint density at radius 2 is 1.52 bits per heavy atom. The third kappa shape index (κ3) is 3.85. The molecular formula is C22H19ClN2O4. The van der Waals surface area contributed by atoms with Crippen LogP contribution < -0.4 is 0 Å². The van der Waals surface area contributed by atoms with Crippen LogP contribution in [0.4, 0.5) is 5.69 Å². The fourth-order valence-electron chi connectivity index (χ4n) is 3.53. The normalized spacial score (nSPS) is 11.3. The monoisotopic (exact) mass is 410 g/mol. The maximum Gasteiger partial charge on any atom is 0.322 e. The van der Waals surface area contributed by atoms with Crippen molar-refractivity contribution < 1.29 is 14.6 Å². The summed E-state index contributed by atoms with van der Waals surface area (Å²) in [5.41, 5.74) is 0.568. The highest BCUT2D eigenvalue weighted by molar-refractivity contribution is 6.31. The van der Waals surface area contributed by atoms with E-state index in [1.807, 2.05) is 60.7 Å². The molecule has 3 aromatic rings. The van der Waals surface area contributed by atoms with Crippen molar-refractivity contribution in [3.8, 4) is 0 Å². The third-order valence-electron chi connectivity index (χ3n) is 4.67. The van der Waals surface area contributed by atoms with Crippen LogP contribution in [0, 0.1) is 10.1 Å². The van der Waals surface area contributed by atoms with Crippen LogP contribution in [-0.2, 0) is 15.2 Å². The standard InChI is InChI=1S/C22H19ClN2O4/c1-16(26)29-24(2)22(17-9-5-3-6-10-17,18-11-7-4-8-12-18)20-15-19(25(27)28)13-14-21(20)23/h3-15H,1-2H3. The Morgan fingerprint density at radius 1 is 1.00 bits per heavy atom. The van der Waals surface area contributed by atoms with E-state index in [1.165, 1.54) is 30.2 Å². The van der Waals surface area contributed by atoms with Crippen molar-refractivity contribution in [2.24, 2.45) is 0 Å². The van der Waals surface area contributed by atoms with Crippen LogP contribution >= 0.6 is 11.6 Å². The molecule has 0 aliphatic carbocycles. The zero-order valence-corrected chi connectivity index (χ0v) is 16.7. The molecule has 7 heteroatoms. The van der Waals surface area contributed by atoms with Gasteiger partial charge < -0.3 is 4.84 Å². The maximum atomic E-state index is 11.8. The first kappa shape index (κ1) is 20.5. The molecule has 0 amide bonds. The molecule has 0 bridgehead atoms. The number of non-ortho nitro benzene ring substituents is 1. The lowest BCUT2D eigenvalue weighted by Crippen LogP contribution is -2.46. The summed E-state index contributed by atoms with van der Waals surface area (Å²) in [4.78, 5) is 28.3. The number of hydroxylamine groups is 2. The molecule has 0 radical (unpaired) electrons. The molecule has 29 heavy (non-hydrogen) atoms. The highest BCUT2D eigenvalue weighted by Gasteiger charge is 2.44. The molecule has 148 valence electrons. The van der Waals surface area contributed by atoms with Crippen LogP contribution in [0.2, 0.25) is 5.02 Å². The topological polar surface area (TPSA) is 72.7 Å². The van der Waals surface area contributed by atoms with E-state index in [-0.39, 0.29) is 5.69 Å². The number of rotatable bonds is 6. The van der Waals surface area contributed by atoms with Crippen molar-refractivity contribution in [3.05, 3.63) is 111 Å². The summed E-state index contributed by atoms with van der Waals surface area (Å²) >= 11 is 6.58. The Balaban J connectivity index is 2.44. The Bertz CT molecular complexity index is 986. The SMILES string of the molecule is CC(=O)ON(C)C(c1ccccc1)(c1ccccc1)c1cc([N+](=O)[O-])ccc1Cl. The molecule has 0 aromatic heterocycles. The summed E-state index contributed by atoms with van der Waals surface area (Å²) in [5, 5.41) is 13.2. The van der Waals surface area contributed by atoms with Crippen molar-refractivity contribution in [2.45, 2.75) is 12.5 Å². The smallest absolute Gasteiger partial charge is 0.322 e. The summed E-state index contributed by atoms with van der Waals surface area (Å²) in [6, 6.07) is 22.8. The average Bonchev–Trinajstić information content (AvgIpc) is 2.71. The third-order valence-corrected chi connectivity index (χ3v) is 5.00. The minimum Gasteiger partial charge on any atom is -0.367 e. The van der Waals surface area contributed by atoms with E-state index in [4.69, 9.17) is 16.4 Å². The van der Waals surface area contributed by atoms with Crippen molar-refractivity contribution in [2.75, 3.05) is 7.05 Å². The second kappa shape index (κ2) is 8.43. The molecule has 0 N–H and O–H groups in total. The molecule has 6 nitrogen and oxygen atoms in total. The number of nitro benzene ring substituents is 1. The quantitative estimate of drug-likeness (QED) is 0.326. The molecule has 0 heterocycles. The molecule has 0 unspecified atom stereocenters. The van der Waals surface area contributed by atoms with Crippen molar-refractivity contribution >= 4 is 23.3 Å². The first-order valence-electron chi connectivity index (χ1n) is 8.85. The van der Waals surface area contributed by atoms with Gasteiger partial charge in [-0.2, -0.15) is 0 Å². The zero-order valence-electron chi connectivity index (χ0n) is 15.9. The molecular weight excluding hydrogens is 392 g/mol. The predicted molar refractivity (Wildman–Crippen MR) is 110 cm³/mol. The summed E-state index contributed by atoms with van der Waals surface area (Å²) < 4.78 is 0. The Kier molecular flexibility index (Phi) is 5.96. The number of hydrogen-bond donors (Lipinski definition) is 0. The number of nitrogens with zero attached hydrogens (tertiary/aromatic N) is 2. The molecule has 0 aliphatic rings. The van der Waals surface area contributed by atoms with E-state index >= 15 is 0 Å². The highest BCUT2D eigenvalue weighted by atomic mass is 35.5. The fraction of sp³-hybridized carbons (Fsp3) is 0.136. The minimum absolute atomic E-state index is 0.114. The zero-order chi connectivity index (χ0) is 21.0. The largest absolute Gasteiger partial charge is 0.367 e. The van der Waals surface area contributed by atoms with Crippen LogP contribution in [0.5, 0.6) is 0 Å². The van der Waals surface area contributed by atoms with E-state index in [9.17, 15) is 14.9 Å². The second-order valence-electron chi connectivity index (χ2n) is 6.44. The van der Waals surface area contributed by atoms with Gasteiger partial charge in [-0.3, -0.25) is 14.9 Å². The Morgan fingerprint density at radius 3 is 1.97 bits per heavy atom. The van der Waals surface area contributed by atoms with Crippen LogP contribution in [-0.4, -0.2) is 23.0 Å². The average molecular weight is 411 g/mol. The van der Waals surface area contributed by atoms with Gasteiger partial charge in [-0.15, -0.1) is 5.06 Å². The predicted octanol–water partition coefficient (Wildman–Crippen LogP) is 4.95. The maximum absolute atomic E-state index is 11.8. The number of carbonyl (C=O) groups is 1. The van der Waals surface area contributed by atoms with Crippen LogP contribution in [0.25, 0.3) is 0 Å². The van der Waals surface area contributed by atoms with E-state index in [0.29, 0.717) is 10.6 Å². The fourth-order valence-corrected chi connectivity index (χ4v) is 3.79. The molecule has 0 fully saturated rings. The first-order chi connectivity index (χ1) is 13.9. The number of nitro groups is 1. The van der Waals surface area contributed by atoms with Gasteiger partial charge in [-0.25, -0.2) is 0 Å². The molecule has 0 saturated carbocycles. The van der Waals surface area contributed by atoms with Crippen molar-refractivity contribution in [1.82, 2.24) is 5.06 Å². The Hall–Kier alpha value is -3.22. The van der Waals surface area contributed by atoms with Crippen LogP contribution in [0.15, 0.2) is 78.9 Å². The summed E-state index contributed by atoms with van der Waals surface area (Å²) in [6.45, 7) is 1.30. The van der Waals surface area contributed by atoms with E-state index in [0.717, 1.165) is 11.1 Å². The lowest BCUT2D eigenvalue weighted by Gasteiger charge is -2.41. The van der Waals surface area contributed by atoms with Crippen LogP contribution in [0.3, 0.4) is 0 Å². The molecule has 0 saturated heterocycles. The van der Waals surface area contributed by atoms with Gasteiger partial charge in [0.25, 0.3) is 5.69 Å². The molecule has 3 rings (SSSR count). The number of halogens is 1.